The maximum atomic E-state index is 13.0. The van der Waals surface area contributed by atoms with Crippen LogP contribution in [0.3, 0.4) is 0 Å². The monoisotopic (exact) mass is 414 g/mol. The number of aryl methyl sites for hydroxylation is 3. The quantitative estimate of drug-likeness (QED) is 0.763. The average Bonchev–Trinajstić information content (AvgIpc) is 2.70. The molecule has 1 saturated carbocycles. The van der Waals surface area contributed by atoms with E-state index in [-0.39, 0.29) is 16.8 Å². The molecule has 1 aliphatic rings. The van der Waals surface area contributed by atoms with Crippen molar-refractivity contribution < 1.29 is 13.2 Å². The molecule has 0 saturated heterocycles. The minimum Gasteiger partial charge on any atom is -0.339 e. The Bertz CT molecular complexity index is 1010. The fourth-order valence-electron chi connectivity index (χ4n) is 3.88. The first-order valence-electron chi connectivity index (χ1n) is 10.2. The Hall–Kier alpha value is -2.34. The van der Waals surface area contributed by atoms with Crippen LogP contribution in [0.1, 0.15) is 59.2 Å². The predicted octanol–water partition coefficient (Wildman–Crippen LogP) is 4.82. The van der Waals surface area contributed by atoms with Gasteiger partial charge in [0.2, 0.25) is 0 Å². The normalized spacial score (nSPS) is 15.2. The van der Waals surface area contributed by atoms with Gasteiger partial charge in [-0.3, -0.25) is 9.52 Å². The van der Waals surface area contributed by atoms with Crippen LogP contribution in [0.25, 0.3) is 0 Å². The molecule has 156 valence electrons. The molecule has 2 aromatic rings. The SMILES string of the molecule is Cc1ccc(NS(=O)(=O)c2cc(C(=O)N(C)C3CCCCC3)ccc2C)cc1C. The number of benzene rings is 2. The highest BCUT2D eigenvalue weighted by Gasteiger charge is 2.25. The van der Waals surface area contributed by atoms with E-state index in [4.69, 9.17) is 0 Å². The highest BCUT2D eigenvalue weighted by atomic mass is 32.2. The van der Waals surface area contributed by atoms with Gasteiger partial charge in [-0.15, -0.1) is 0 Å². The summed E-state index contributed by atoms with van der Waals surface area (Å²) in [5.74, 6) is -0.125. The van der Waals surface area contributed by atoms with Gasteiger partial charge in [-0.05, 0) is 74.6 Å². The smallest absolute Gasteiger partial charge is 0.262 e. The number of sulfonamides is 1. The largest absolute Gasteiger partial charge is 0.339 e. The van der Waals surface area contributed by atoms with E-state index in [0.29, 0.717) is 16.8 Å². The standard InChI is InChI=1S/C23H30N2O3S/c1-16-11-13-20(14-18(16)3)24-29(27,28)22-15-19(12-10-17(22)2)23(26)25(4)21-8-6-5-7-9-21/h10-15,21,24H,5-9H2,1-4H3. The topological polar surface area (TPSA) is 66.5 Å². The minimum atomic E-state index is -3.80. The second kappa shape index (κ2) is 8.57. The first-order chi connectivity index (χ1) is 13.7. The maximum absolute atomic E-state index is 13.0. The lowest BCUT2D eigenvalue weighted by Gasteiger charge is -2.31. The number of hydrogen-bond donors (Lipinski definition) is 1. The van der Waals surface area contributed by atoms with Crippen LogP contribution in [0.5, 0.6) is 0 Å². The average molecular weight is 415 g/mol. The summed E-state index contributed by atoms with van der Waals surface area (Å²) >= 11 is 0. The van der Waals surface area contributed by atoms with Crippen LogP contribution < -0.4 is 4.72 Å². The van der Waals surface area contributed by atoms with Crippen molar-refractivity contribution in [3.8, 4) is 0 Å². The van der Waals surface area contributed by atoms with Crippen molar-refractivity contribution in [1.29, 1.82) is 0 Å². The van der Waals surface area contributed by atoms with Gasteiger partial charge in [0.15, 0.2) is 0 Å². The molecule has 0 heterocycles. The Morgan fingerprint density at radius 1 is 0.931 bits per heavy atom. The van der Waals surface area contributed by atoms with Gasteiger partial charge in [0.25, 0.3) is 15.9 Å². The van der Waals surface area contributed by atoms with E-state index in [2.05, 4.69) is 4.72 Å². The van der Waals surface area contributed by atoms with Crippen molar-refractivity contribution in [2.24, 2.45) is 0 Å². The second-order valence-corrected chi connectivity index (χ2v) is 9.74. The molecule has 0 atom stereocenters. The number of rotatable bonds is 5. The molecule has 0 bridgehead atoms. The van der Waals surface area contributed by atoms with E-state index in [0.717, 1.165) is 36.8 Å². The molecular formula is C23H30N2O3S. The molecular weight excluding hydrogens is 384 g/mol. The Labute approximate surface area is 174 Å². The highest BCUT2D eigenvalue weighted by Crippen LogP contribution is 2.25. The molecule has 3 rings (SSSR count). The van der Waals surface area contributed by atoms with Gasteiger partial charge in [0.05, 0.1) is 4.90 Å². The van der Waals surface area contributed by atoms with Gasteiger partial charge in [-0.2, -0.15) is 0 Å². The lowest BCUT2D eigenvalue weighted by atomic mass is 9.94. The number of carbonyl (C=O) groups is 1. The van der Waals surface area contributed by atoms with Crippen LogP contribution in [-0.2, 0) is 10.0 Å². The number of hydrogen-bond acceptors (Lipinski definition) is 3. The summed E-state index contributed by atoms with van der Waals surface area (Å²) in [5, 5.41) is 0. The van der Waals surface area contributed by atoms with Crippen LogP contribution >= 0.6 is 0 Å². The van der Waals surface area contributed by atoms with Gasteiger partial charge in [-0.1, -0.05) is 31.4 Å². The van der Waals surface area contributed by atoms with Crippen LogP contribution in [-0.4, -0.2) is 32.3 Å². The number of anilines is 1. The summed E-state index contributed by atoms with van der Waals surface area (Å²) in [4.78, 5) is 14.9. The third-order valence-electron chi connectivity index (χ3n) is 5.93. The van der Waals surface area contributed by atoms with Crippen molar-refractivity contribution in [3.05, 3.63) is 58.7 Å². The molecule has 0 aromatic heterocycles. The number of nitrogens with zero attached hydrogens (tertiary/aromatic N) is 1. The lowest BCUT2D eigenvalue weighted by molar-refractivity contribution is 0.0696. The first-order valence-corrected chi connectivity index (χ1v) is 11.7. The van der Waals surface area contributed by atoms with Crippen molar-refractivity contribution >= 4 is 21.6 Å². The molecule has 29 heavy (non-hydrogen) atoms. The van der Waals surface area contributed by atoms with Gasteiger partial charge in [-0.25, -0.2) is 8.42 Å². The molecule has 1 amide bonds. The molecule has 5 nitrogen and oxygen atoms in total. The van der Waals surface area contributed by atoms with Crippen LogP contribution in [0.2, 0.25) is 0 Å². The van der Waals surface area contributed by atoms with Gasteiger partial charge < -0.3 is 4.90 Å². The Morgan fingerprint density at radius 2 is 1.59 bits per heavy atom. The van der Waals surface area contributed by atoms with Crippen LogP contribution in [0, 0.1) is 20.8 Å². The van der Waals surface area contributed by atoms with Gasteiger partial charge >= 0.3 is 0 Å². The highest BCUT2D eigenvalue weighted by molar-refractivity contribution is 7.92. The van der Waals surface area contributed by atoms with E-state index >= 15 is 0 Å². The molecule has 0 spiro atoms. The molecule has 1 N–H and O–H groups in total. The van der Waals surface area contributed by atoms with Gasteiger partial charge in [0.1, 0.15) is 0 Å². The fourth-order valence-corrected chi connectivity index (χ4v) is 5.20. The van der Waals surface area contributed by atoms with Crippen molar-refractivity contribution in [2.45, 2.75) is 63.8 Å². The second-order valence-electron chi connectivity index (χ2n) is 8.09. The third kappa shape index (κ3) is 4.81. The van der Waals surface area contributed by atoms with E-state index in [1.165, 1.54) is 12.5 Å². The van der Waals surface area contributed by atoms with E-state index in [9.17, 15) is 13.2 Å². The van der Waals surface area contributed by atoms with Crippen LogP contribution in [0.15, 0.2) is 41.3 Å². The first kappa shape index (κ1) is 21.4. The number of amides is 1. The van der Waals surface area contributed by atoms with E-state index < -0.39 is 10.0 Å². The lowest BCUT2D eigenvalue weighted by Crippen LogP contribution is -2.38. The molecule has 1 aliphatic carbocycles. The van der Waals surface area contributed by atoms with Crippen LogP contribution in [0.4, 0.5) is 5.69 Å². The minimum absolute atomic E-state index is 0.125. The Morgan fingerprint density at radius 3 is 2.24 bits per heavy atom. The number of carbonyl (C=O) groups excluding carboxylic acids is 1. The van der Waals surface area contributed by atoms with E-state index in [1.807, 2.05) is 33.0 Å². The maximum Gasteiger partial charge on any atom is 0.262 e. The zero-order valence-corrected chi connectivity index (χ0v) is 18.5. The zero-order valence-electron chi connectivity index (χ0n) is 17.7. The zero-order chi connectivity index (χ0) is 21.2. The Kier molecular flexibility index (Phi) is 6.32. The van der Waals surface area contributed by atoms with Crippen molar-refractivity contribution in [3.63, 3.8) is 0 Å². The van der Waals surface area contributed by atoms with Crippen molar-refractivity contribution in [2.75, 3.05) is 11.8 Å². The molecule has 0 radical (unpaired) electrons. The Balaban J connectivity index is 1.87. The third-order valence-corrected chi connectivity index (χ3v) is 7.45. The molecule has 0 unspecified atom stereocenters. The molecule has 0 aliphatic heterocycles. The summed E-state index contributed by atoms with van der Waals surface area (Å²) in [6.07, 6.45) is 5.50. The molecule has 2 aromatic carbocycles. The summed E-state index contributed by atoms with van der Waals surface area (Å²) in [5.41, 5.74) is 3.65. The van der Waals surface area contributed by atoms with Gasteiger partial charge in [0, 0.05) is 24.3 Å². The summed E-state index contributed by atoms with van der Waals surface area (Å²) < 4.78 is 28.7. The fraction of sp³-hybridized carbons (Fsp3) is 0.435. The summed E-state index contributed by atoms with van der Waals surface area (Å²) in [6, 6.07) is 10.6. The predicted molar refractivity (Wildman–Crippen MR) is 117 cm³/mol. The summed E-state index contributed by atoms with van der Waals surface area (Å²) in [6.45, 7) is 5.67. The summed E-state index contributed by atoms with van der Waals surface area (Å²) in [7, 11) is -1.98. The molecule has 1 fully saturated rings. The molecule has 6 heteroatoms. The van der Waals surface area contributed by atoms with Crippen molar-refractivity contribution in [1.82, 2.24) is 4.90 Å². The number of nitrogens with one attached hydrogen (secondary N) is 1. The van der Waals surface area contributed by atoms with E-state index in [1.54, 1.807) is 30.0 Å².